The van der Waals surface area contributed by atoms with Crippen molar-refractivity contribution < 1.29 is 4.79 Å². The second-order valence-corrected chi connectivity index (χ2v) is 6.44. The SMILES string of the molecule is CC(=O)Cc1cccc2sc(C(C)(C)C)nc12. The van der Waals surface area contributed by atoms with Crippen molar-refractivity contribution in [3.05, 3.63) is 28.8 Å². The first-order chi connectivity index (χ1) is 7.88. The molecular weight excluding hydrogens is 230 g/mol. The molecule has 2 nitrogen and oxygen atoms in total. The maximum absolute atomic E-state index is 11.2. The van der Waals surface area contributed by atoms with Crippen LogP contribution in [0.4, 0.5) is 0 Å². The van der Waals surface area contributed by atoms with E-state index in [-0.39, 0.29) is 11.2 Å². The molecule has 0 amide bonds. The van der Waals surface area contributed by atoms with Gasteiger partial charge in [-0.2, -0.15) is 0 Å². The average Bonchev–Trinajstić information content (AvgIpc) is 2.60. The van der Waals surface area contributed by atoms with Crippen LogP contribution in [-0.2, 0) is 16.6 Å². The lowest BCUT2D eigenvalue weighted by atomic mass is 9.98. The molecule has 0 aliphatic carbocycles. The monoisotopic (exact) mass is 247 g/mol. The van der Waals surface area contributed by atoms with Gasteiger partial charge in [-0.25, -0.2) is 4.98 Å². The Bertz CT molecular complexity index is 563. The van der Waals surface area contributed by atoms with Crippen molar-refractivity contribution in [2.24, 2.45) is 0 Å². The summed E-state index contributed by atoms with van der Waals surface area (Å²) >= 11 is 1.72. The first-order valence-electron chi connectivity index (χ1n) is 5.76. The molecule has 1 heterocycles. The summed E-state index contributed by atoms with van der Waals surface area (Å²) in [4.78, 5) is 15.9. The van der Waals surface area contributed by atoms with Crippen LogP contribution in [-0.4, -0.2) is 10.8 Å². The Labute approximate surface area is 106 Å². The minimum absolute atomic E-state index is 0.0666. The highest BCUT2D eigenvalue weighted by Gasteiger charge is 2.19. The summed E-state index contributed by atoms with van der Waals surface area (Å²) in [6.45, 7) is 8.11. The molecule has 2 aromatic rings. The Kier molecular flexibility index (Phi) is 3.04. The lowest BCUT2D eigenvalue weighted by Gasteiger charge is -2.13. The highest BCUT2D eigenvalue weighted by atomic mass is 32.1. The number of thiazole rings is 1. The van der Waals surface area contributed by atoms with Crippen LogP contribution in [0.1, 0.15) is 38.3 Å². The number of Topliss-reactive ketones (excluding diaryl/α,β-unsaturated/α-hetero) is 1. The minimum Gasteiger partial charge on any atom is -0.300 e. The molecule has 0 bridgehead atoms. The van der Waals surface area contributed by atoms with Crippen LogP contribution in [0.5, 0.6) is 0 Å². The summed E-state index contributed by atoms with van der Waals surface area (Å²) in [7, 11) is 0. The van der Waals surface area contributed by atoms with E-state index in [1.165, 1.54) is 4.70 Å². The zero-order chi connectivity index (χ0) is 12.6. The van der Waals surface area contributed by atoms with Gasteiger partial charge in [-0.3, -0.25) is 4.79 Å². The van der Waals surface area contributed by atoms with Gasteiger partial charge in [0.2, 0.25) is 0 Å². The van der Waals surface area contributed by atoms with Gasteiger partial charge in [0.25, 0.3) is 0 Å². The van der Waals surface area contributed by atoms with Crippen LogP contribution >= 0.6 is 11.3 Å². The van der Waals surface area contributed by atoms with Gasteiger partial charge in [-0.15, -0.1) is 11.3 Å². The van der Waals surface area contributed by atoms with Crippen LogP contribution in [0.3, 0.4) is 0 Å². The Hall–Kier alpha value is -1.22. The molecule has 0 fully saturated rings. The van der Waals surface area contributed by atoms with Gasteiger partial charge in [0.1, 0.15) is 5.78 Å². The van der Waals surface area contributed by atoms with E-state index in [0.717, 1.165) is 16.1 Å². The lowest BCUT2D eigenvalue weighted by molar-refractivity contribution is -0.116. The first kappa shape index (κ1) is 12.2. The molecule has 2 rings (SSSR count). The summed E-state index contributed by atoms with van der Waals surface area (Å²) in [5, 5.41) is 1.13. The highest BCUT2D eigenvalue weighted by molar-refractivity contribution is 7.18. The number of ketones is 1. The zero-order valence-corrected chi connectivity index (χ0v) is 11.5. The van der Waals surface area contributed by atoms with E-state index in [4.69, 9.17) is 4.98 Å². The van der Waals surface area contributed by atoms with Gasteiger partial charge in [0.15, 0.2) is 0 Å². The molecule has 1 aromatic carbocycles. The van der Waals surface area contributed by atoms with E-state index in [2.05, 4.69) is 26.8 Å². The predicted molar refractivity (Wildman–Crippen MR) is 72.7 cm³/mol. The van der Waals surface area contributed by atoms with Crippen LogP contribution in [0.2, 0.25) is 0 Å². The Morgan fingerprint density at radius 3 is 2.65 bits per heavy atom. The number of benzene rings is 1. The normalized spacial score (nSPS) is 12.0. The number of fused-ring (bicyclic) bond motifs is 1. The maximum atomic E-state index is 11.2. The standard InChI is InChI=1S/C14H17NOS/c1-9(16)8-10-6-5-7-11-12(10)15-13(17-11)14(2,3)4/h5-7H,8H2,1-4H3. The van der Waals surface area contributed by atoms with Crippen molar-refractivity contribution in [2.75, 3.05) is 0 Å². The van der Waals surface area contributed by atoms with Crippen molar-refractivity contribution in [3.63, 3.8) is 0 Å². The molecule has 0 N–H and O–H groups in total. The van der Waals surface area contributed by atoms with Crippen LogP contribution in [0, 0.1) is 0 Å². The smallest absolute Gasteiger partial charge is 0.134 e. The second kappa shape index (κ2) is 4.22. The summed E-state index contributed by atoms with van der Waals surface area (Å²) in [6.07, 6.45) is 0.477. The molecule has 1 aromatic heterocycles. The molecule has 90 valence electrons. The highest BCUT2D eigenvalue weighted by Crippen LogP contribution is 2.32. The molecule has 3 heteroatoms. The molecule has 0 aliphatic heterocycles. The van der Waals surface area contributed by atoms with Gasteiger partial charge in [0, 0.05) is 11.8 Å². The Morgan fingerprint density at radius 2 is 2.06 bits per heavy atom. The van der Waals surface area contributed by atoms with Gasteiger partial charge >= 0.3 is 0 Å². The van der Waals surface area contributed by atoms with Crippen molar-refractivity contribution >= 4 is 27.3 Å². The Balaban J connectivity index is 2.57. The number of hydrogen-bond acceptors (Lipinski definition) is 3. The number of aromatic nitrogens is 1. The fourth-order valence-corrected chi connectivity index (χ4v) is 2.81. The van der Waals surface area contributed by atoms with Crippen LogP contribution < -0.4 is 0 Å². The molecule has 0 atom stereocenters. The van der Waals surface area contributed by atoms with E-state index in [9.17, 15) is 4.79 Å². The van der Waals surface area contributed by atoms with E-state index < -0.39 is 0 Å². The summed E-state index contributed by atoms with van der Waals surface area (Å²) < 4.78 is 1.17. The number of hydrogen-bond donors (Lipinski definition) is 0. The fourth-order valence-electron chi connectivity index (χ4n) is 1.74. The van der Waals surface area contributed by atoms with Crippen molar-refractivity contribution in [2.45, 2.75) is 39.5 Å². The van der Waals surface area contributed by atoms with Crippen molar-refractivity contribution in [1.29, 1.82) is 0 Å². The minimum atomic E-state index is 0.0666. The third-order valence-electron chi connectivity index (χ3n) is 2.58. The maximum Gasteiger partial charge on any atom is 0.134 e. The molecular formula is C14H17NOS. The third-order valence-corrected chi connectivity index (χ3v) is 4.03. The van der Waals surface area contributed by atoms with Gasteiger partial charge in [-0.05, 0) is 18.6 Å². The largest absolute Gasteiger partial charge is 0.300 e. The first-order valence-corrected chi connectivity index (χ1v) is 6.58. The van der Waals surface area contributed by atoms with Crippen LogP contribution in [0.15, 0.2) is 18.2 Å². The van der Waals surface area contributed by atoms with Gasteiger partial charge in [0.05, 0.1) is 15.2 Å². The zero-order valence-electron chi connectivity index (χ0n) is 10.7. The molecule has 0 aliphatic rings. The van der Waals surface area contributed by atoms with Gasteiger partial charge < -0.3 is 0 Å². The number of para-hydroxylation sites is 1. The fraction of sp³-hybridized carbons (Fsp3) is 0.429. The predicted octanol–water partition coefficient (Wildman–Crippen LogP) is 3.73. The molecule has 0 saturated carbocycles. The van der Waals surface area contributed by atoms with Gasteiger partial charge in [-0.1, -0.05) is 32.9 Å². The van der Waals surface area contributed by atoms with E-state index in [0.29, 0.717) is 6.42 Å². The van der Waals surface area contributed by atoms with Crippen molar-refractivity contribution in [3.8, 4) is 0 Å². The van der Waals surface area contributed by atoms with Crippen molar-refractivity contribution in [1.82, 2.24) is 4.98 Å². The topological polar surface area (TPSA) is 30.0 Å². The molecule has 0 radical (unpaired) electrons. The summed E-state index contributed by atoms with van der Waals surface area (Å²) in [5.41, 5.74) is 2.11. The number of carbonyl (C=O) groups excluding carboxylic acids is 1. The Morgan fingerprint density at radius 1 is 1.35 bits per heavy atom. The number of carbonyl (C=O) groups is 1. The molecule has 0 unspecified atom stereocenters. The quantitative estimate of drug-likeness (QED) is 0.809. The number of nitrogens with zero attached hydrogens (tertiary/aromatic N) is 1. The summed E-state index contributed by atoms with van der Waals surface area (Å²) in [5.74, 6) is 0.183. The molecule has 0 spiro atoms. The lowest BCUT2D eigenvalue weighted by Crippen LogP contribution is -2.10. The van der Waals surface area contributed by atoms with Crippen LogP contribution in [0.25, 0.3) is 10.2 Å². The molecule has 17 heavy (non-hydrogen) atoms. The van der Waals surface area contributed by atoms with E-state index >= 15 is 0 Å². The van der Waals surface area contributed by atoms with E-state index in [1.54, 1.807) is 18.3 Å². The van der Waals surface area contributed by atoms with E-state index in [1.807, 2.05) is 12.1 Å². The third kappa shape index (κ3) is 2.55. The summed E-state index contributed by atoms with van der Waals surface area (Å²) in [6, 6.07) is 6.08. The second-order valence-electron chi connectivity index (χ2n) is 5.41. The number of rotatable bonds is 2. The average molecular weight is 247 g/mol. The molecule has 0 saturated heterocycles.